The number of ether oxygens (including phenoxy) is 1. The lowest BCUT2D eigenvalue weighted by Gasteiger charge is -2.64. The van der Waals surface area contributed by atoms with E-state index in [4.69, 9.17) is 4.74 Å². The maximum absolute atomic E-state index is 13.4. The molecule has 4 aliphatic rings. The standard InChI is InChI=1S/C19H29F3O3/c1-5-16(4,19(20,21)22)14(23)25-15(2,3)17-7-12-6-13(8-17)10-18(24,9-12)11-17/h12-13,24H,5-11H2,1-4H3. The van der Waals surface area contributed by atoms with Gasteiger partial charge in [-0.3, -0.25) is 4.79 Å². The molecule has 6 heteroatoms. The first-order valence-corrected chi connectivity index (χ1v) is 9.28. The molecule has 0 heterocycles. The van der Waals surface area contributed by atoms with E-state index >= 15 is 0 Å². The van der Waals surface area contributed by atoms with Gasteiger partial charge in [-0.1, -0.05) is 6.92 Å². The minimum atomic E-state index is -4.64. The highest BCUT2D eigenvalue weighted by atomic mass is 19.4. The second-order valence-electron chi connectivity index (χ2n) is 9.55. The number of rotatable bonds is 4. The van der Waals surface area contributed by atoms with E-state index in [-0.39, 0.29) is 6.42 Å². The number of halogens is 3. The van der Waals surface area contributed by atoms with E-state index in [2.05, 4.69) is 0 Å². The van der Waals surface area contributed by atoms with E-state index in [0.29, 0.717) is 18.3 Å². The molecule has 4 rings (SSSR count). The third kappa shape index (κ3) is 2.79. The minimum absolute atomic E-state index is 0.354. The molecule has 0 aromatic rings. The molecule has 0 aromatic heterocycles. The van der Waals surface area contributed by atoms with Gasteiger partial charge in [0.1, 0.15) is 5.60 Å². The second kappa shape index (κ2) is 5.37. The normalized spacial score (nSPS) is 40.0. The van der Waals surface area contributed by atoms with Crippen molar-refractivity contribution in [2.75, 3.05) is 0 Å². The van der Waals surface area contributed by atoms with Gasteiger partial charge in [0.2, 0.25) is 0 Å². The third-order valence-corrected chi connectivity index (χ3v) is 7.44. The van der Waals surface area contributed by atoms with Crippen LogP contribution in [0.15, 0.2) is 0 Å². The Bertz CT molecular complexity index is 555. The highest BCUT2D eigenvalue weighted by molar-refractivity contribution is 5.77. The summed E-state index contributed by atoms with van der Waals surface area (Å²) in [5.74, 6) is -0.441. The van der Waals surface area contributed by atoms with Crippen LogP contribution < -0.4 is 0 Å². The molecule has 25 heavy (non-hydrogen) atoms. The second-order valence-corrected chi connectivity index (χ2v) is 9.55. The van der Waals surface area contributed by atoms with Crippen molar-refractivity contribution in [1.29, 1.82) is 0 Å². The highest BCUT2D eigenvalue weighted by Gasteiger charge is 2.65. The fourth-order valence-corrected chi connectivity index (χ4v) is 5.83. The number of carbonyl (C=O) groups excluding carboxylic acids is 1. The Hall–Kier alpha value is -0.780. The average molecular weight is 362 g/mol. The van der Waals surface area contributed by atoms with Gasteiger partial charge >= 0.3 is 12.1 Å². The highest BCUT2D eigenvalue weighted by Crippen LogP contribution is 2.65. The van der Waals surface area contributed by atoms with Crippen molar-refractivity contribution in [2.45, 2.75) is 90.0 Å². The van der Waals surface area contributed by atoms with Crippen molar-refractivity contribution in [3.05, 3.63) is 0 Å². The van der Waals surface area contributed by atoms with Gasteiger partial charge in [-0.25, -0.2) is 0 Å². The van der Waals surface area contributed by atoms with E-state index in [9.17, 15) is 23.1 Å². The molecule has 0 aliphatic heterocycles. The molecule has 4 saturated carbocycles. The summed E-state index contributed by atoms with van der Waals surface area (Å²) in [5, 5.41) is 10.9. The van der Waals surface area contributed by atoms with Crippen LogP contribution in [0.1, 0.15) is 72.6 Å². The number of hydrogen-bond acceptors (Lipinski definition) is 3. The van der Waals surface area contributed by atoms with Crippen molar-refractivity contribution in [2.24, 2.45) is 22.7 Å². The Morgan fingerprint density at radius 3 is 2.04 bits per heavy atom. The maximum Gasteiger partial charge on any atom is 0.404 e. The fraction of sp³-hybridized carbons (Fsp3) is 0.947. The zero-order valence-corrected chi connectivity index (χ0v) is 15.5. The molecule has 144 valence electrons. The molecule has 0 aromatic carbocycles. The predicted octanol–water partition coefficient (Wildman–Crippen LogP) is 4.62. The number of hydrogen-bond donors (Lipinski definition) is 1. The van der Waals surface area contributed by atoms with E-state index in [0.717, 1.165) is 39.0 Å². The molecule has 1 N–H and O–H groups in total. The van der Waals surface area contributed by atoms with Crippen LogP contribution >= 0.6 is 0 Å². The van der Waals surface area contributed by atoms with Crippen LogP contribution in [0.4, 0.5) is 13.2 Å². The summed E-state index contributed by atoms with van der Waals surface area (Å²) in [5.41, 5.74) is -4.70. The van der Waals surface area contributed by atoms with Gasteiger partial charge in [0.25, 0.3) is 0 Å². The number of alkyl halides is 3. The first-order chi connectivity index (χ1) is 11.3. The molecule has 3 nitrogen and oxygen atoms in total. The zero-order valence-electron chi connectivity index (χ0n) is 15.5. The van der Waals surface area contributed by atoms with Crippen LogP contribution in [0.5, 0.6) is 0 Å². The van der Waals surface area contributed by atoms with Crippen LogP contribution in [-0.4, -0.2) is 28.5 Å². The zero-order chi connectivity index (χ0) is 18.9. The van der Waals surface area contributed by atoms with Gasteiger partial charge in [0.05, 0.1) is 5.60 Å². The third-order valence-electron chi connectivity index (χ3n) is 7.44. The van der Waals surface area contributed by atoms with Gasteiger partial charge in [0, 0.05) is 5.41 Å². The summed E-state index contributed by atoms with van der Waals surface area (Å²) in [6.07, 6.45) is -0.232. The minimum Gasteiger partial charge on any atom is -0.458 e. The topological polar surface area (TPSA) is 46.5 Å². The van der Waals surface area contributed by atoms with Crippen molar-refractivity contribution in [1.82, 2.24) is 0 Å². The smallest absolute Gasteiger partial charge is 0.404 e. The summed E-state index contributed by atoms with van der Waals surface area (Å²) in [6, 6.07) is 0. The number of esters is 1. The molecule has 4 aliphatic carbocycles. The first-order valence-electron chi connectivity index (χ1n) is 9.28. The number of aliphatic hydroxyl groups is 1. The van der Waals surface area contributed by atoms with Gasteiger partial charge in [-0.2, -0.15) is 13.2 Å². The van der Waals surface area contributed by atoms with E-state index in [1.165, 1.54) is 6.92 Å². The molecule has 0 radical (unpaired) electrons. The summed E-state index contributed by atoms with van der Waals surface area (Å²) >= 11 is 0. The summed E-state index contributed by atoms with van der Waals surface area (Å²) in [6.45, 7) is 5.73. The Balaban J connectivity index is 1.86. The van der Waals surface area contributed by atoms with Crippen LogP contribution in [0.2, 0.25) is 0 Å². The van der Waals surface area contributed by atoms with Gasteiger partial charge in [-0.05, 0) is 77.6 Å². The van der Waals surface area contributed by atoms with Crippen LogP contribution in [0, 0.1) is 22.7 Å². The van der Waals surface area contributed by atoms with Crippen LogP contribution in [0.25, 0.3) is 0 Å². The SMILES string of the molecule is CCC(C)(C(=O)OC(C)(C)C12CC3CC(CC(O)(C3)C1)C2)C(F)(F)F. The van der Waals surface area contributed by atoms with Crippen LogP contribution in [0.3, 0.4) is 0 Å². The monoisotopic (exact) mass is 362 g/mol. The van der Waals surface area contributed by atoms with Gasteiger partial charge in [-0.15, -0.1) is 0 Å². The number of carbonyl (C=O) groups is 1. The van der Waals surface area contributed by atoms with Crippen LogP contribution in [-0.2, 0) is 9.53 Å². The first kappa shape index (κ1) is 19.0. The lowest BCUT2D eigenvalue weighted by Crippen LogP contribution is -2.63. The van der Waals surface area contributed by atoms with Crippen molar-refractivity contribution in [3.63, 3.8) is 0 Å². The molecular formula is C19H29F3O3. The van der Waals surface area contributed by atoms with Crippen molar-refractivity contribution in [3.8, 4) is 0 Å². The molecule has 0 amide bonds. The molecular weight excluding hydrogens is 333 g/mol. The quantitative estimate of drug-likeness (QED) is 0.743. The summed E-state index contributed by atoms with van der Waals surface area (Å²) in [4.78, 5) is 12.5. The average Bonchev–Trinajstić information content (AvgIpc) is 2.41. The Morgan fingerprint density at radius 1 is 1.12 bits per heavy atom. The maximum atomic E-state index is 13.4. The summed E-state index contributed by atoms with van der Waals surface area (Å²) in [7, 11) is 0. The van der Waals surface area contributed by atoms with E-state index < -0.39 is 34.2 Å². The van der Waals surface area contributed by atoms with E-state index in [1.807, 2.05) is 0 Å². The summed E-state index contributed by atoms with van der Waals surface area (Å²) < 4.78 is 45.8. The molecule has 0 spiro atoms. The molecule has 3 atom stereocenters. The molecule has 3 unspecified atom stereocenters. The predicted molar refractivity (Wildman–Crippen MR) is 86.7 cm³/mol. The van der Waals surface area contributed by atoms with E-state index in [1.54, 1.807) is 13.8 Å². The fourth-order valence-electron chi connectivity index (χ4n) is 5.83. The van der Waals surface area contributed by atoms with Gasteiger partial charge in [0.15, 0.2) is 5.41 Å². The molecule has 0 saturated heterocycles. The lowest BCUT2D eigenvalue weighted by atomic mass is 9.44. The Morgan fingerprint density at radius 2 is 1.64 bits per heavy atom. The Kier molecular flexibility index (Phi) is 4.08. The Labute approximate surface area is 147 Å². The van der Waals surface area contributed by atoms with Crippen molar-refractivity contribution < 1.29 is 27.8 Å². The molecule has 4 bridgehead atoms. The van der Waals surface area contributed by atoms with Gasteiger partial charge < -0.3 is 9.84 Å². The largest absolute Gasteiger partial charge is 0.458 e. The molecule has 4 fully saturated rings. The lowest BCUT2D eigenvalue weighted by molar-refractivity contribution is -0.259. The van der Waals surface area contributed by atoms with Crippen molar-refractivity contribution >= 4 is 5.97 Å².